The van der Waals surface area contributed by atoms with E-state index >= 15 is 0 Å². The third-order valence-electron chi connectivity index (χ3n) is 2.25. The lowest BCUT2D eigenvalue weighted by atomic mass is 10.1. The van der Waals surface area contributed by atoms with E-state index < -0.39 is 37.3 Å². The fourth-order valence-electron chi connectivity index (χ4n) is 1.37. The smallest absolute Gasteiger partial charge is 0.221 e. The fraction of sp³-hybridized carbons (Fsp3) is 1.00. The molecule has 78 valence electrons. The van der Waals surface area contributed by atoms with Crippen molar-refractivity contribution in [1.82, 2.24) is 0 Å². The Morgan fingerprint density at radius 1 is 1.38 bits per heavy atom. The summed E-state index contributed by atoms with van der Waals surface area (Å²) in [6.07, 6.45) is -3.54. The van der Waals surface area contributed by atoms with E-state index in [9.17, 15) is 10.2 Å². The van der Waals surface area contributed by atoms with Gasteiger partial charge < -0.3 is 29.9 Å². The monoisotopic (exact) mass is 194 g/mol. The van der Waals surface area contributed by atoms with Crippen LogP contribution in [0.4, 0.5) is 0 Å². The van der Waals surface area contributed by atoms with Gasteiger partial charge in [-0.15, -0.1) is 0 Å². The molecule has 1 aliphatic rings. The van der Waals surface area contributed by atoms with E-state index in [1.165, 1.54) is 7.11 Å². The number of aliphatic hydroxyl groups excluding tert-OH is 4. The Kier molecular flexibility index (Phi) is 3.23. The number of aliphatic hydroxyl groups is 4. The summed E-state index contributed by atoms with van der Waals surface area (Å²) in [5.41, 5.74) is 0. The fourth-order valence-corrected chi connectivity index (χ4v) is 1.37. The van der Waals surface area contributed by atoms with E-state index in [0.717, 1.165) is 0 Å². The summed E-state index contributed by atoms with van der Waals surface area (Å²) in [5.74, 6) is -1.62. The van der Waals surface area contributed by atoms with Gasteiger partial charge in [-0.1, -0.05) is 0 Å². The molecule has 1 heterocycles. The predicted octanol–water partition coefficient (Wildman–Crippen LogP) is -2.57. The van der Waals surface area contributed by atoms with Crippen LogP contribution in [0.15, 0.2) is 0 Å². The highest BCUT2D eigenvalue weighted by molar-refractivity contribution is 4.95. The average molecular weight is 194 g/mol. The van der Waals surface area contributed by atoms with Crippen LogP contribution in [0.1, 0.15) is 0 Å². The van der Waals surface area contributed by atoms with Gasteiger partial charge in [0.2, 0.25) is 5.79 Å². The molecule has 0 saturated carbocycles. The van der Waals surface area contributed by atoms with Gasteiger partial charge in [-0.2, -0.15) is 0 Å². The van der Waals surface area contributed by atoms with Crippen molar-refractivity contribution in [1.29, 1.82) is 0 Å². The minimum atomic E-state index is -1.62. The third kappa shape index (κ3) is 1.56. The molecule has 0 aromatic rings. The first kappa shape index (κ1) is 10.8. The highest BCUT2D eigenvalue weighted by atomic mass is 16.7. The molecule has 0 radical (unpaired) electrons. The second kappa shape index (κ2) is 3.87. The summed E-state index contributed by atoms with van der Waals surface area (Å²) in [4.78, 5) is 0. The maximum atomic E-state index is 9.44. The van der Waals surface area contributed by atoms with E-state index in [4.69, 9.17) is 19.7 Å². The molecule has 6 heteroatoms. The lowest BCUT2D eigenvalue weighted by Gasteiger charge is -2.27. The molecule has 13 heavy (non-hydrogen) atoms. The van der Waals surface area contributed by atoms with Crippen LogP contribution in [-0.2, 0) is 9.47 Å². The van der Waals surface area contributed by atoms with Crippen LogP contribution in [0.25, 0.3) is 0 Å². The molecule has 0 aromatic heterocycles. The maximum absolute atomic E-state index is 9.44. The first-order valence-corrected chi connectivity index (χ1v) is 3.92. The van der Waals surface area contributed by atoms with Crippen molar-refractivity contribution in [3.05, 3.63) is 0 Å². The predicted molar refractivity (Wildman–Crippen MR) is 40.8 cm³/mol. The number of hydrogen-bond acceptors (Lipinski definition) is 6. The van der Waals surface area contributed by atoms with Crippen LogP contribution in [-0.4, -0.2) is 64.8 Å². The molecule has 1 unspecified atom stereocenters. The summed E-state index contributed by atoms with van der Waals surface area (Å²) in [6.45, 7) is -1.03. The summed E-state index contributed by atoms with van der Waals surface area (Å²) in [5, 5.41) is 36.4. The first-order chi connectivity index (χ1) is 6.11. The van der Waals surface area contributed by atoms with Gasteiger partial charge >= 0.3 is 0 Å². The van der Waals surface area contributed by atoms with E-state index in [-0.39, 0.29) is 0 Å². The molecule has 0 spiro atoms. The van der Waals surface area contributed by atoms with Crippen molar-refractivity contribution >= 4 is 0 Å². The Bertz CT molecular complexity index is 168. The van der Waals surface area contributed by atoms with Gasteiger partial charge in [-0.05, 0) is 0 Å². The zero-order valence-corrected chi connectivity index (χ0v) is 7.25. The Hall–Kier alpha value is -0.240. The maximum Gasteiger partial charge on any atom is 0.221 e. The minimum absolute atomic E-state index is 0.441. The second-order valence-corrected chi connectivity index (χ2v) is 2.95. The molecule has 1 fully saturated rings. The van der Waals surface area contributed by atoms with E-state index in [2.05, 4.69) is 0 Å². The molecule has 1 saturated heterocycles. The number of methoxy groups -OCH3 is 1. The molecule has 6 nitrogen and oxygen atoms in total. The number of hydrogen-bond donors (Lipinski definition) is 4. The standard InChI is InChI=1S/C7H14O6/c1-12-7(3-9)6(11)5(10)4(2-8)13-7/h4-6,8-11H,2-3H2,1H3/t4-,5+,6-,7?/m1/s1. The molecule has 4 atom stereocenters. The molecule has 0 aliphatic carbocycles. The largest absolute Gasteiger partial charge is 0.394 e. The Morgan fingerprint density at radius 3 is 2.23 bits per heavy atom. The van der Waals surface area contributed by atoms with Crippen molar-refractivity contribution in [3.8, 4) is 0 Å². The van der Waals surface area contributed by atoms with Gasteiger partial charge in [-0.25, -0.2) is 0 Å². The van der Waals surface area contributed by atoms with E-state index in [0.29, 0.717) is 0 Å². The first-order valence-electron chi connectivity index (χ1n) is 3.92. The van der Waals surface area contributed by atoms with Gasteiger partial charge in [0, 0.05) is 7.11 Å². The highest BCUT2D eigenvalue weighted by Crippen LogP contribution is 2.31. The van der Waals surface area contributed by atoms with Crippen LogP contribution in [0.2, 0.25) is 0 Å². The van der Waals surface area contributed by atoms with Crippen molar-refractivity contribution < 1.29 is 29.9 Å². The average Bonchev–Trinajstić information content (AvgIpc) is 2.42. The molecule has 0 aromatic carbocycles. The van der Waals surface area contributed by atoms with Crippen molar-refractivity contribution in [2.24, 2.45) is 0 Å². The highest BCUT2D eigenvalue weighted by Gasteiger charge is 2.54. The Balaban J connectivity index is 2.79. The minimum Gasteiger partial charge on any atom is -0.394 e. The topological polar surface area (TPSA) is 99.4 Å². The summed E-state index contributed by atoms with van der Waals surface area (Å²) in [6, 6.07) is 0. The molecule has 1 rings (SSSR count). The number of ether oxygens (including phenoxy) is 2. The van der Waals surface area contributed by atoms with Crippen molar-refractivity contribution in [2.45, 2.75) is 24.1 Å². The van der Waals surface area contributed by atoms with E-state index in [1.807, 2.05) is 0 Å². The van der Waals surface area contributed by atoms with Crippen LogP contribution < -0.4 is 0 Å². The van der Waals surface area contributed by atoms with Gasteiger partial charge in [0.15, 0.2) is 0 Å². The molecule has 0 bridgehead atoms. The van der Waals surface area contributed by atoms with Gasteiger partial charge in [0.25, 0.3) is 0 Å². The summed E-state index contributed by atoms with van der Waals surface area (Å²) in [7, 11) is 1.24. The van der Waals surface area contributed by atoms with Crippen molar-refractivity contribution in [2.75, 3.05) is 20.3 Å². The van der Waals surface area contributed by atoms with Crippen LogP contribution in [0.5, 0.6) is 0 Å². The molecular formula is C7H14O6. The zero-order chi connectivity index (χ0) is 10.1. The molecule has 4 N–H and O–H groups in total. The molecular weight excluding hydrogens is 180 g/mol. The lowest BCUT2D eigenvalue weighted by molar-refractivity contribution is -0.263. The molecule has 0 amide bonds. The van der Waals surface area contributed by atoms with Gasteiger partial charge in [0.05, 0.1) is 6.61 Å². The van der Waals surface area contributed by atoms with Crippen LogP contribution in [0, 0.1) is 0 Å². The SMILES string of the molecule is COC1(CO)O[C@H](CO)[C@H](O)[C@H]1O. The number of rotatable bonds is 3. The summed E-state index contributed by atoms with van der Waals surface area (Å²) < 4.78 is 9.77. The Labute approximate surface area is 75.3 Å². The summed E-state index contributed by atoms with van der Waals surface area (Å²) >= 11 is 0. The van der Waals surface area contributed by atoms with Gasteiger partial charge in [-0.3, -0.25) is 0 Å². The third-order valence-corrected chi connectivity index (χ3v) is 2.25. The quantitative estimate of drug-likeness (QED) is 0.394. The van der Waals surface area contributed by atoms with Crippen molar-refractivity contribution in [3.63, 3.8) is 0 Å². The van der Waals surface area contributed by atoms with Crippen LogP contribution >= 0.6 is 0 Å². The zero-order valence-electron chi connectivity index (χ0n) is 7.25. The lowest BCUT2D eigenvalue weighted by Crippen LogP contribution is -2.47. The Morgan fingerprint density at radius 2 is 2.00 bits per heavy atom. The molecule has 1 aliphatic heterocycles. The normalized spacial score (nSPS) is 45.5. The van der Waals surface area contributed by atoms with Gasteiger partial charge in [0.1, 0.15) is 24.9 Å². The van der Waals surface area contributed by atoms with Crippen LogP contribution in [0.3, 0.4) is 0 Å². The van der Waals surface area contributed by atoms with E-state index in [1.54, 1.807) is 0 Å². The second-order valence-electron chi connectivity index (χ2n) is 2.95.